The van der Waals surface area contributed by atoms with Crippen molar-refractivity contribution in [3.63, 3.8) is 0 Å². The topological polar surface area (TPSA) is 88.7 Å². The zero-order valence-corrected chi connectivity index (χ0v) is 17.9. The molecule has 1 unspecified atom stereocenters. The van der Waals surface area contributed by atoms with Crippen molar-refractivity contribution in [2.75, 3.05) is 16.8 Å². The number of nitrogens with zero attached hydrogens (tertiary/aromatic N) is 4. The fourth-order valence-corrected chi connectivity index (χ4v) is 4.20. The maximum absolute atomic E-state index is 13.0. The van der Waals surface area contributed by atoms with Gasteiger partial charge >= 0.3 is 5.69 Å². The fourth-order valence-electron chi connectivity index (χ4n) is 4.20. The van der Waals surface area contributed by atoms with Gasteiger partial charge in [0.25, 0.3) is 0 Å². The monoisotopic (exact) mass is 441 g/mol. The van der Waals surface area contributed by atoms with E-state index in [-0.39, 0.29) is 24.0 Å². The van der Waals surface area contributed by atoms with E-state index >= 15 is 0 Å². The number of aromatic nitrogens is 3. The fraction of sp³-hybridized carbons (Fsp3) is 0.200. The smallest absolute Gasteiger partial charge is 0.325 e. The van der Waals surface area contributed by atoms with Gasteiger partial charge in [0.1, 0.15) is 5.92 Å². The average molecular weight is 441 g/mol. The van der Waals surface area contributed by atoms with Crippen LogP contribution in [0.15, 0.2) is 83.8 Å². The second-order valence-corrected chi connectivity index (χ2v) is 8.08. The van der Waals surface area contributed by atoms with Gasteiger partial charge in [0.05, 0.1) is 6.54 Å². The average Bonchev–Trinajstić information content (AvgIpc) is 3.15. The molecule has 4 aromatic rings. The Morgan fingerprint density at radius 1 is 1.00 bits per heavy atom. The molecule has 3 heterocycles. The first kappa shape index (κ1) is 20.7. The van der Waals surface area contributed by atoms with Gasteiger partial charge in [-0.05, 0) is 54.8 Å². The minimum atomic E-state index is -0.733. The Morgan fingerprint density at radius 3 is 2.64 bits per heavy atom. The molecule has 0 saturated carbocycles. The lowest BCUT2D eigenvalue weighted by Gasteiger charge is -2.31. The van der Waals surface area contributed by atoms with Crippen LogP contribution in [0.2, 0.25) is 0 Å². The number of pyridine rings is 1. The van der Waals surface area contributed by atoms with Crippen LogP contribution in [0, 0.1) is 5.92 Å². The zero-order valence-electron chi connectivity index (χ0n) is 17.9. The quantitative estimate of drug-likeness (QED) is 0.483. The third-order valence-corrected chi connectivity index (χ3v) is 5.84. The van der Waals surface area contributed by atoms with Crippen molar-refractivity contribution in [2.45, 2.75) is 19.4 Å². The molecule has 2 aromatic heterocycles. The molecule has 0 aliphatic carbocycles. The molecule has 2 amide bonds. The van der Waals surface area contributed by atoms with Crippen LogP contribution in [-0.2, 0) is 16.1 Å². The van der Waals surface area contributed by atoms with Crippen LogP contribution in [0.3, 0.4) is 0 Å². The Morgan fingerprint density at radius 2 is 1.82 bits per heavy atom. The summed E-state index contributed by atoms with van der Waals surface area (Å²) in [5, 5.41) is 7.23. The van der Waals surface area contributed by atoms with Crippen LogP contribution in [0.4, 0.5) is 11.4 Å². The van der Waals surface area contributed by atoms with E-state index in [0.717, 1.165) is 17.7 Å². The van der Waals surface area contributed by atoms with Gasteiger partial charge in [-0.1, -0.05) is 36.4 Å². The molecule has 1 fully saturated rings. The summed E-state index contributed by atoms with van der Waals surface area (Å²) in [5.74, 6) is -1.23. The summed E-state index contributed by atoms with van der Waals surface area (Å²) in [6, 6.07) is 22.1. The van der Waals surface area contributed by atoms with E-state index in [2.05, 4.69) is 10.4 Å². The standard InChI is InChI=1S/C25H23N5O3/c31-23(21-12-7-15-28(24(21)32)20-10-2-1-3-11-20)26-19-9-6-8-18(16-19)17-30-25(33)29-14-5-4-13-22(29)27-30/h1-6,8-11,13-14,16,21H,7,12,15,17H2,(H,26,31). The third-order valence-electron chi connectivity index (χ3n) is 5.84. The molecule has 166 valence electrons. The van der Waals surface area contributed by atoms with Gasteiger partial charge in [0, 0.05) is 24.1 Å². The number of hydrogen-bond acceptors (Lipinski definition) is 4. The van der Waals surface area contributed by atoms with Crippen molar-refractivity contribution >= 4 is 28.8 Å². The highest BCUT2D eigenvalue weighted by Gasteiger charge is 2.34. The summed E-state index contributed by atoms with van der Waals surface area (Å²) in [7, 11) is 0. The summed E-state index contributed by atoms with van der Waals surface area (Å²) in [6.07, 6.45) is 2.96. The molecule has 0 radical (unpaired) electrons. The first-order chi connectivity index (χ1) is 16.1. The molecule has 8 heteroatoms. The van der Waals surface area contributed by atoms with Crippen LogP contribution in [0.1, 0.15) is 18.4 Å². The predicted molar refractivity (Wildman–Crippen MR) is 125 cm³/mol. The highest BCUT2D eigenvalue weighted by atomic mass is 16.2. The van der Waals surface area contributed by atoms with Gasteiger partial charge in [-0.25, -0.2) is 9.48 Å². The molecule has 1 aliphatic heterocycles. The molecular weight excluding hydrogens is 418 g/mol. The van der Waals surface area contributed by atoms with Crippen LogP contribution in [0.25, 0.3) is 5.65 Å². The van der Waals surface area contributed by atoms with Crippen LogP contribution in [-0.4, -0.2) is 32.5 Å². The van der Waals surface area contributed by atoms with Gasteiger partial charge in [-0.15, -0.1) is 5.10 Å². The first-order valence-electron chi connectivity index (χ1n) is 10.9. The highest BCUT2D eigenvalue weighted by Crippen LogP contribution is 2.25. The summed E-state index contributed by atoms with van der Waals surface area (Å²) in [4.78, 5) is 40.2. The van der Waals surface area contributed by atoms with Crippen molar-refractivity contribution < 1.29 is 9.59 Å². The minimum Gasteiger partial charge on any atom is -0.325 e. The van der Waals surface area contributed by atoms with Crippen molar-refractivity contribution in [1.29, 1.82) is 0 Å². The summed E-state index contributed by atoms with van der Waals surface area (Å²) >= 11 is 0. The zero-order chi connectivity index (χ0) is 22.8. The van der Waals surface area contributed by atoms with Crippen molar-refractivity contribution in [3.8, 4) is 0 Å². The van der Waals surface area contributed by atoms with E-state index in [9.17, 15) is 14.4 Å². The number of amides is 2. The van der Waals surface area contributed by atoms with Gasteiger partial charge in [0.2, 0.25) is 11.8 Å². The molecule has 8 nitrogen and oxygen atoms in total. The van der Waals surface area contributed by atoms with Gasteiger partial charge in [-0.2, -0.15) is 0 Å². The molecule has 1 saturated heterocycles. The number of carbonyl (C=O) groups excluding carboxylic acids is 2. The highest BCUT2D eigenvalue weighted by molar-refractivity contribution is 6.12. The van der Waals surface area contributed by atoms with E-state index in [1.165, 1.54) is 9.08 Å². The SMILES string of the molecule is O=C(Nc1cccc(Cn2nc3ccccn3c2=O)c1)C1CCCN(c2ccccc2)C1=O. The Kier molecular flexibility index (Phi) is 5.48. The number of carbonyl (C=O) groups is 2. The summed E-state index contributed by atoms with van der Waals surface area (Å²) in [6.45, 7) is 0.879. The molecule has 33 heavy (non-hydrogen) atoms. The number of piperidine rings is 1. The molecule has 2 aromatic carbocycles. The lowest BCUT2D eigenvalue weighted by Crippen LogP contribution is -2.46. The summed E-state index contributed by atoms with van der Waals surface area (Å²) < 4.78 is 2.87. The summed E-state index contributed by atoms with van der Waals surface area (Å²) in [5.41, 5.74) is 2.55. The maximum Gasteiger partial charge on any atom is 0.350 e. The number of para-hydroxylation sites is 1. The molecule has 1 N–H and O–H groups in total. The molecular formula is C25H23N5O3. The third kappa shape index (κ3) is 4.15. The Labute approximate surface area is 190 Å². The largest absolute Gasteiger partial charge is 0.350 e. The lowest BCUT2D eigenvalue weighted by molar-refractivity contribution is -0.132. The van der Waals surface area contributed by atoms with E-state index < -0.39 is 5.92 Å². The molecule has 1 atom stereocenters. The second-order valence-electron chi connectivity index (χ2n) is 8.08. The Balaban J connectivity index is 1.31. The van der Waals surface area contributed by atoms with Crippen LogP contribution >= 0.6 is 0 Å². The van der Waals surface area contributed by atoms with E-state index in [0.29, 0.717) is 24.3 Å². The van der Waals surface area contributed by atoms with Gasteiger partial charge in [-0.3, -0.25) is 14.0 Å². The molecule has 0 bridgehead atoms. The van der Waals surface area contributed by atoms with E-state index in [1.54, 1.807) is 35.4 Å². The normalized spacial score (nSPS) is 16.2. The molecule has 1 aliphatic rings. The van der Waals surface area contributed by atoms with Crippen LogP contribution < -0.4 is 15.9 Å². The Bertz CT molecular complexity index is 1380. The number of fused-ring (bicyclic) bond motifs is 1. The lowest BCUT2D eigenvalue weighted by atomic mass is 9.95. The number of benzene rings is 2. The first-order valence-corrected chi connectivity index (χ1v) is 10.9. The second kappa shape index (κ2) is 8.74. The number of nitrogens with one attached hydrogen (secondary N) is 1. The Hall–Kier alpha value is -4.20. The van der Waals surface area contributed by atoms with Crippen molar-refractivity contribution in [3.05, 3.63) is 95.0 Å². The van der Waals surface area contributed by atoms with Crippen LogP contribution in [0.5, 0.6) is 0 Å². The van der Waals surface area contributed by atoms with Crippen molar-refractivity contribution in [1.82, 2.24) is 14.2 Å². The predicted octanol–water partition coefficient (Wildman–Crippen LogP) is 2.93. The molecule has 0 spiro atoms. The minimum absolute atomic E-state index is 0.183. The van der Waals surface area contributed by atoms with Gasteiger partial charge < -0.3 is 10.2 Å². The van der Waals surface area contributed by atoms with Crippen molar-refractivity contribution in [2.24, 2.45) is 5.92 Å². The maximum atomic E-state index is 13.0. The van der Waals surface area contributed by atoms with Gasteiger partial charge in [0.15, 0.2) is 5.65 Å². The number of anilines is 2. The molecule has 5 rings (SSSR count). The van der Waals surface area contributed by atoms with E-state index in [4.69, 9.17) is 0 Å². The number of hydrogen-bond donors (Lipinski definition) is 1. The number of rotatable bonds is 5. The van der Waals surface area contributed by atoms with E-state index in [1.807, 2.05) is 48.5 Å².